The molecule has 0 saturated heterocycles. The van der Waals surface area contributed by atoms with E-state index < -0.39 is 19.3 Å². The van der Waals surface area contributed by atoms with E-state index in [1.807, 2.05) is 13.8 Å². The molecule has 6 nitrogen and oxygen atoms in total. The highest BCUT2D eigenvalue weighted by molar-refractivity contribution is 6.10. The number of nitrogens with two attached hydrogens (primary N) is 2. The van der Waals surface area contributed by atoms with Crippen LogP contribution in [-0.2, 0) is 0 Å². The van der Waals surface area contributed by atoms with Crippen LogP contribution in [0.5, 0.6) is 5.75 Å². The van der Waals surface area contributed by atoms with Crippen molar-refractivity contribution in [2.24, 2.45) is 33.9 Å². The predicted octanol–water partition coefficient (Wildman–Crippen LogP) is 3.59. The van der Waals surface area contributed by atoms with Gasteiger partial charge in [-0.15, -0.1) is 0 Å². The molecule has 0 aromatic carbocycles. The van der Waals surface area contributed by atoms with Crippen LogP contribution < -0.4 is 21.5 Å². The van der Waals surface area contributed by atoms with Crippen molar-refractivity contribution in [1.82, 2.24) is 10.3 Å². The quantitative estimate of drug-likeness (QED) is 0.387. The Morgan fingerprint density at radius 1 is 1.41 bits per heavy atom. The van der Waals surface area contributed by atoms with Gasteiger partial charge in [0.2, 0.25) is 0 Å². The van der Waals surface area contributed by atoms with E-state index in [0.29, 0.717) is 17.9 Å². The Labute approximate surface area is 182 Å². The molecule has 4 fully saturated rings. The van der Waals surface area contributed by atoms with E-state index in [1.165, 1.54) is 12.3 Å². The van der Waals surface area contributed by atoms with Crippen LogP contribution in [0, 0.1) is 23.2 Å². The number of fused-ring (bicyclic) bond motifs is 1. The van der Waals surface area contributed by atoms with Crippen LogP contribution in [0.25, 0.3) is 5.70 Å². The van der Waals surface area contributed by atoms with Gasteiger partial charge in [-0.05, 0) is 49.7 Å². The largest absolute Gasteiger partial charge is 0.431 e. The Morgan fingerprint density at radius 2 is 2.12 bits per heavy atom. The maximum absolute atomic E-state index is 12.6. The highest BCUT2D eigenvalue weighted by atomic mass is 19.4. The minimum atomic E-state index is -4.26. The topological polar surface area (TPSA) is 98.5 Å². The summed E-state index contributed by atoms with van der Waals surface area (Å²) in [5.41, 5.74) is 13.0. The summed E-state index contributed by atoms with van der Waals surface area (Å²) < 4.78 is 67.6. The lowest BCUT2D eigenvalue weighted by atomic mass is 9.97. The fraction of sp³-hybridized carbons (Fsp3) is 0.619. The average Bonchev–Trinajstić information content (AvgIpc) is 3.45. The lowest BCUT2D eigenvalue weighted by Crippen LogP contribution is -2.37. The van der Waals surface area contributed by atoms with Crippen LogP contribution in [0.3, 0.4) is 0 Å². The van der Waals surface area contributed by atoms with Gasteiger partial charge in [-0.3, -0.25) is 4.99 Å². The van der Waals surface area contributed by atoms with Crippen molar-refractivity contribution in [3.8, 4) is 5.75 Å². The number of ether oxygens (including phenoxy) is 1. The first kappa shape index (κ1) is 22.8. The number of hydrogen-bond donors (Lipinski definition) is 3. The molecule has 32 heavy (non-hydrogen) atoms. The standard InChI is InChI=1S/C21H26F5N5O/c1-3-9(2)31-15(6-12(27)10-4-14(32-19(22)23)18(28)29-7-10)21-11-5-13(17(21)16(11)21)30-8-20(24,25)26/h4,6-7,9,11,13,16-17,19,30H,3,5,8,27H2,1-2H3,(H2,28,29). The smallest absolute Gasteiger partial charge is 0.401 e. The predicted molar refractivity (Wildman–Crippen MR) is 110 cm³/mol. The minimum Gasteiger partial charge on any atom is -0.431 e. The molecule has 6 atom stereocenters. The second kappa shape index (κ2) is 7.86. The Kier molecular flexibility index (Phi) is 5.59. The van der Waals surface area contributed by atoms with Crippen LogP contribution in [0.15, 0.2) is 23.3 Å². The van der Waals surface area contributed by atoms with Crippen molar-refractivity contribution in [3.05, 3.63) is 23.9 Å². The zero-order chi connectivity index (χ0) is 23.4. The monoisotopic (exact) mass is 459 g/mol. The van der Waals surface area contributed by atoms with Gasteiger partial charge in [0.25, 0.3) is 0 Å². The van der Waals surface area contributed by atoms with Gasteiger partial charge in [-0.1, -0.05) is 6.92 Å². The molecule has 176 valence electrons. The van der Waals surface area contributed by atoms with Gasteiger partial charge in [0.05, 0.1) is 6.54 Å². The molecule has 6 unspecified atom stereocenters. The minimum absolute atomic E-state index is 0.00790. The van der Waals surface area contributed by atoms with Crippen LogP contribution in [-0.4, -0.2) is 42.1 Å². The van der Waals surface area contributed by atoms with Crippen molar-refractivity contribution in [2.75, 3.05) is 12.3 Å². The number of nitrogens with zero attached hydrogens (tertiary/aromatic N) is 2. The molecular weight excluding hydrogens is 433 g/mol. The molecule has 11 heteroatoms. The lowest BCUT2D eigenvalue weighted by molar-refractivity contribution is -0.126. The number of halogens is 5. The molecule has 1 heterocycles. The summed E-state index contributed by atoms with van der Waals surface area (Å²) in [7, 11) is 0. The van der Waals surface area contributed by atoms with Crippen molar-refractivity contribution in [1.29, 1.82) is 0 Å². The van der Waals surface area contributed by atoms with E-state index in [-0.39, 0.29) is 46.6 Å². The fourth-order valence-corrected chi connectivity index (χ4v) is 5.33. The van der Waals surface area contributed by atoms with Crippen LogP contribution >= 0.6 is 0 Å². The molecule has 2 bridgehead atoms. The molecule has 1 aromatic rings. The molecule has 0 radical (unpaired) electrons. The van der Waals surface area contributed by atoms with E-state index in [4.69, 9.17) is 16.5 Å². The Hall–Kier alpha value is -2.43. The zero-order valence-corrected chi connectivity index (χ0v) is 17.7. The van der Waals surface area contributed by atoms with E-state index >= 15 is 0 Å². The molecule has 1 aromatic heterocycles. The van der Waals surface area contributed by atoms with Crippen LogP contribution in [0.2, 0.25) is 0 Å². The number of nitrogen functional groups attached to an aromatic ring is 1. The summed E-state index contributed by atoms with van der Waals surface area (Å²) in [6.07, 6.45) is 0.267. The summed E-state index contributed by atoms with van der Waals surface area (Å²) in [6.45, 7) is -0.116. The van der Waals surface area contributed by atoms with Crippen molar-refractivity contribution >= 4 is 17.2 Å². The van der Waals surface area contributed by atoms with E-state index in [9.17, 15) is 22.0 Å². The zero-order valence-electron chi connectivity index (χ0n) is 17.7. The van der Waals surface area contributed by atoms with Crippen molar-refractivity contribution in [3.63, 3.8) is 0 Å². The number of anilines is 1. The van der Waals surface area contributed by atoms with E-state index in [1.54, 1.807) is 6.08 Å². The number of allylic oxidation sites excluding steroid dienone is 1. The number of nitrogens with one attached hydrogen (secondary N) is 1. The third-order valence-electron chi connectivity index (χ3n) is 6.94. The maximum Gasteiger partial charge on any atom is 0.401 e. The molecule has 0 spiro atoms. The van der Waals surface area contributed by atoms with Gasteiger partial charge in [0, 0.05) is 40.7 Å². The molecule has 4 aliphatic rings. The van der Waals surface area contributed by atoms with E-state index in [0.717, 1.165) is 12.1 Å². The average molecular weight is 459 g/mol. The van der Waals surface area contributed by atoms with E-state index in [2.05, 4.69) is 15.0 Å². The summed E-state index contributed by atoms with van der Waals surface area (Å²) in [4.78, 5) is 8.69. The van der Waals surface area contributed by atoms with Gasteiger partial charge in [-0.25, -0.2) is 4.98 Å². The second-order valence-corrected chi connectivity index (χ2v) is 8.79. The first-order valence-electron chi connectivity index (χ1n) is 10.5. The summed E-state index contributed by atoms with van der Waals surface area (Å²) in [5, 5.41) is 2.65. The highest BCUT2D eigenvalue weighted by Crippen LogP contribution is 2.91. The Morgan fingerprint density at radius 3 is 2.72 bits per heavy atom. The number of pyridine rings is 1. The third kappa shape index (κ3) is 3.91. The third-order valence-corrected chi connectivity index (χ3v) is 6.94. The molecule has 5 N–H and O–H groups in total. The van der Waals surface area contributed by atoms with Crippen LogP contribution in [0.1, 0.15) is 32.3 Å². The summed E-state index contributed by atoms with van der Waals surface area (Å²) in [5.74, 6) is 0.230. The van der Waals surface area contributed by atoms with Crippen molar-refractivity contribution < 1.29 is 26.7 Å². The first-order valence-corrected chi connectivity index (χ1v) is 10.5. The van der Waals surface area contributed by atoms with Crippen LogP contribution in [0.4, 0.5) is 27.8 Å². The number of aromatic nitrogens is 1. The number of rotatable bonds is 9. The number of hydrogen-bond acceptors (Lipinski definition) is 6. The number of aliphatic imine (C=N–C) groups is 1. The molecule has 5 rings (SSSR count). The molecule has 4 saturated carbocycles. The highest BCUT2D eigenvalue weighted by Gasteiger charge is 2.93. The Balaban J connectivity index is 1.58. The maximum atomic E-state index is 12.6. The van der Waals surface area contributed by atoms with Gasteiger partial charge in [0.15, 0.2) is 11.6 Å². The fourth-order valence-electron chi connectivity index (χ4n) is 5.33. The summed E-state index contributed by atoms with van der Waals surface area (Å²) >= 11 is 0. The molecule has 4 aliphatic carbocycles. The second-order valence-electron chi connectivity index (χ2n) is 8.79. The SMILES string of the molecule is CCC(C)N=C(C=C(N)c1cnc(N)c(OC(F)F)c1)C12C3CC(NCC(F)(F)F)C1C32. The van der Waals surface area contributed by atoms with Crippen molar-refractivity contribution in [2.45, 2.75) is 51.6 Å². The van der Waals surface area contributed by atoms with Gasteiger partial charge in [-0.2, -0.15) is 22.0 Å². The van der Waals surface area contributed by atoms with Gasteiger partial charge in [0.1, 0.15) is 0 Å². The van der Waals surface area contributed by atoms with Gasteiger partial charge >= 0.3 is 12.8 Å². The normalized spacial score (nSPS) is 32.1. The molecule has 0 aliphatic heterocycles. The Bertz CT molecular complexity index is 943. The lowest BCUT2D eigenvalue weighted by Gasteiger charge is -2.17. The summed E-state index contributed by atoms with van der Waals surface area (Å²) in [6, 6.07) is 1.10. The first-order chi connectivity index (χ1) is 15.0. The molecule has 0 amide bonds. The number of alkyl halides is 5. The molecular formula is C21H26F5N5O. The van der Waals surface area contributed by atoms with Gasteiger partial charge < -0.3 is 21.5 Å².